The minimum atomic E-state index is -0.917. The molecule has 6 nitrogen and oxygen atoms in total. The summed E-state index contributed by atoms with van der Waals surface area (Å²) in [6, 6.07) is 3.55. The Morgan fingerprint density at radius 2 is 1.78 bits per heavy atom. The van der Waals surface area contributed by atoms with Crippen molar-refractivity contribution in [3.8, 4) is 11.5 Å². The highest BCUT2D eigenvalue weighted by Crippen LogP contribution is 2.20. The Morgan fingerprint density at radius 1 is 1.22 bits per heavy atom. The molecule has 0 spiro atoms. The van der Waals surface area contributed by atoms with Gasteiger partial charge in [-0.15, -0.1) is 0 Å². The summed E-state index contributed by atoms with van der Waals surface area (Å²) in [5.41, 5.74) is 0.121. The van der Waals surface area contributed by atoms with Crippen molar-refractivity contribution in [3.05, 3.63) is 23.8 Å². The molecule has 0 aliphatic rings. The van der Waals surface area contributed by atoms with Gasteiger partial charge < -0.3 is 20.6 Å². The Kier molecular flexibility index (Phi) is 4.53. The molecule has 1 aromatic rings. The molecule has 0 bridgehead atoms. The number of hydrogen-bond donors (Lipinski definition) is 4. The molecule has 1 amide bonds. The van der Waals surface area contributed by atoms with Crippen LogP contribution in [0.4, 0.5) is 0 Å². The van der Waals surface area contributed by atoms with Crippen molar-refractivity contribution in [2.45, 2.75) is 13.3 Å². The van der Waals surface area contributed by atoms with Crippen molar-refractivity contribution >= 4 is 11.9 Å². The van der Waals surface area contributed by atoms with E-state index in [0.29, 0.717) is 6.42 Å². The maximum Gasteiger partial charge on any atom is 0.306 e. The van der Waals surface area contributed by atoms with Gasteiger partial charge in [-0.05, 0) is 18.6 Å². The maximum absolute atomic E-state index is 11.6. The third kappa shape index (κ3) is 3.97. The number of amides is 1. The number of carboxylic acids is 1. The fourth-order valence-electron chi connectivity index (χ4n) is 1.35. The summed E-state index contributed by atoms with van der Waals surface area (Å²) in [4.78, 5) is 22.2. The SMILES string of the molecule is CC(CCNC(=O)c1cc(O)cc(O)c1)C(=O)O. The Morgan fingerprint density at radius 3 is 2.28 bits per heavy atom. The Labute approximate surface area is 104 Å². The van der Waals surface area contributed by atoms with Crippen molar-refractivity contribution < 1.29 is 24.9 Å². The Hall–Kier alpha value is -2.24. The number of aromatic hydroxyl groups is 2. The minimum absolute atomic E-state index is 0.121. The van der Waals surface area contributed by atoms with Crippen molar-refractivity contribution in [3.63, 3.8) is 0 Å². The molecule has 1 rings (SSSR count). The van der Waals surface area contributed by atoms with Crippen LogP contribution < -0.4 is 5.32 Å². The lowest BCUT2D eigenvalue weighted by Gasteiger charge is -2.08. The first kappa shape index (κ1) is 13.8. The molecule has 0 fully saturated rings. The first-order chi connectivity index (χ1) is 8.40. The first-order valence-corrected chi connectivity index (χ1v) is 5.44. The number of hydrogen-bond acceptors (Lipinski definition) is 4. The van der Waals surface area contributed by atoms with Crippen LogP contribution in [0.5, 0.6) is 11.5 Å². The number of carboxylic acid groups (broad SMARTS) is 1. The number of carbonyl (C=O) groups is 2. The van der Waals surface area contributed by atoms with Crippen molar-refractivity contribution in [1.29, 1.82) is 0 Å². The molecular formula is C12H15NO5. The fraction of sp³-hybridized carbons (Fsp3) is 0.333. The number of phenols is 2. The van der Waals surface area contributed by atoms with Gasteiger partial charge in [-0.25, -0.2) is 0 Å². The lowest BCUT2D eigenvalue weighted by atomic mass is 10.1. The monoisotopic (exact) mass is 253 g/mol. The number of phenolic OH excluding ortho intramolecular Hbond substituents is 2. The average molecular weight is 253 g/mol. The van der Waals surface area contributed by atoms with E-state index in [-0.39, 0.29) is 23.6 Å². The Balaban J connectivity index is 2.53. The molecule has 0 aliphatic heterocycles. The molecule has 6 heteroatoms. The van der Waals surface area contributed by atoms with Gasteiger partial charge in [0.05, 0.1) is 5.92 Å². The number of benzene rings is 1. The number of aliphatic carboxylic acids is 1. The van der Waals surface area contributed by atoms with Crippen LogP contribution >= 0.6 is 0 Å². The summed E-state index contributed by atoms with van der Waals surface area (Å²) in [7, 11) is 0. The van der Waals surface area contributed by atoms with Crippen LogP contribution in [0.1, 0.15) is 23.7 Å². The lowest BCUT2D eigenvalue weighted by Crippen LogP contribution is -2.26. The summed E-state index contributed by atoms with van der Waals surface area (Å²) in [5, 5.41) is 29.6. The second-order valence-electron chi connectivity index (χ2n) is 4.02. The highest BCUT2D eigenvalue weighted by molar-refractivity contribution is 5.95. The van der Waals surface area contributed by atoms with E-state index < -0.39 is 17.8 Å². The summed E-state index contributed by atoms with van der Waals surface area (Å²) in [5.74, 6) is -2.35. The molecule has 0 heterocycles. The van der Waals surface area contributed by atoms with Crippen LogP contribution in [0.25, 0.3) is 0 Å². The standard InChI is InChI=1S/C12H15NO5/c1-7(12(17)18)2-3-13-11(16)8-4-9(14)6-10(15)5-8/h4-7,14-15H,2-3H2,1H3,(H,13,16)(H,17,18). The molecule has 1 atom stereocenters. The van der Waals surface area contributed by atoms with Crippen LogP contribution in [-0.2, 0) is 4.79 Å². The van der Waals surface area contributed by atoms with E-state index in [1.54, 1.807) is 6.92 Å². The largest absolute Gasteiger partial charge is 0.508 e. The van der Waals surface area contributed by atoms with Crippen LogP contribution in [0.3, 0.4) is 0 Å². The number of carbonyl (C=O) groups excluding carboxylic acids is 1. The van der Waals surface area contributed by atoms with Gasteiger partial charge in [-0.3, -0.25) is 9.59 Å². The highest BCUT2D eigenvalue weighted by Gasteiger charge is 2.12. The summed E-state index contributed by atoms with van der Waals surface area (Å²) >= 11 is 0. The predicted molar refractivity (Wildman–Crippen MR) is 63.5 cm³/mol. The topological polar surface area (TPSA) is 107 Å². The molecular weight excluding hydrogens is 238 g/mol. The molecule has 4 N–H and O–H groups in total. The van der Waals surface area contributed by atoms with E-state index in [2.05, 4.69) is 5.32 Å². The van der Waals surface area contributed by atoms with Gasteiger partial charge >= 0.3 is 5.97 Å². The normalized spacial score (nSPS) is 11.8. The van der Waals surface area contributed by atoms with E-state index in [1.165, 1.54) is 12.1 Å². The molecule has 0 aromatic heterocycles. The van der Waals surface area contributed by atoms with E-state index in [1.807, 2.05) is 0 Å². The first-order valence-electron chi connectivity index (χ1n) is 5.44. The molecule has 0 radical (unpaired) electrons. The molecule has 1 unspecified atom stereocenters. The van der Waals surface area contributed by atoms with Crippen LogP contribution in [-0.4, -0.2) is 33.7 Å². The third-order valence-electron chi connectivity index (χ3n) is 2.45. The van der Waals surface area contributed by atoms with Gasteiger partial charge in [0.2, 0.25) is 0 Å². The molecule has 18 heavy (non-hydrogen) atoms. The second kappa shape index (κ2) is 5.90. The van der Waals surface area contributed by atoms with Crippen LogP contribution in [0, 0.1) is 5.92 Å². The Bertz CT molecular complexity index is 438. The van der Waals surface area contributed by atoms with Gasteiger partial charge in [0, 0.05) is 18.2 Å². The maximum atomic E-state index is 11.6. The summed E-state index contributed by atoms with van der Waals surface area (Å²) in [6.07, 6.45) is 0.311. The minimum Gasteiger partial charge on any atom is -0.508 e. The van der Waals surface area contributed by atoms with Crippen molar-refractivity contribution in [2.24, 2.45) is 5.92 Å². The number of rotatable bonds is 5. The van der Waals surface area contributed by atoms with E-state index in [4.69, 9.17) is 5.11 Å². The molecule has 1 aromatic carbocycles. The van der Waals surface area contributed by atoms with Gasteiger partial charge in [-0.1, -0.05) is 6.92 Å². The van der Waals surface area contributed by atoms with Crippen molar-refractivity contribution in [1.82, 2.24) is 5.32 Å². The number of nitrogens with one attached hydrogen (secondary N) is 1. The highest BCUT2D eigenvalue weighted by atomic mass is 16.4. The van der Waals surface area contributed by atoms with E-state index >= 15 is 0 Å². The van der Waals surface area contributed by atoms with E-state index in [9.17, 15) is 19.8 Å². The zero-order chi connectivity index (χ0) is 13.7. The summed E-state index contributed by atoms with van der Waals surface area (Å²) in [6.45, 7) is 1.76. The van der Waals surface area contributed by atoms with Gasteiger partial charge in [-0.2, -0.15) is 0 Å². The molecule has 0 aliphatic carbocycles. The smallest absolute Gasteiger partial charge is 0.306 e. The fourth-order valence-corrected chi connectivity index (χ4v) is 1.35. The van der Waals surface area contributed by atoms with Gasteiger partial charge in [0.15, 0.2) is 0 Å². The van der Waals surface area contributed by atoms with Gasteiger partial charge in [0.1, 0.15) is 11.5 Å². The molecule has 0 saturated carbocycles. The average Bonchev–Trinajstić information content (AvgIpc) is 2.27. The molecule has 0 saturated heterocycles. The van der Waals surface area contributed by atoms with Crippen LogP contribution in [0.2, 0.25) is 0 Å². The van der Waals surface area contributed by atoms with Crippen molar-refractivity contribution in [2.75, 3.05) is 6.54 Å². The predicted octanol–water partition coefficient (Wildman–Crippen LogP) is 0.938. The zero-order valence-corrected chi connectivity index (χ0v) is 9.88. The lowest BCUT2D eigenvalue weighted by molar-refractivity contribution is -0.141. The second-order valence-corrected chi connectivity index (χ2v) is 4.02. The molecule has 98 valence electrons. The summed E-state index contributed by atoms with van der Waals surface area (Å²) < 4.78 is 0. The quantitative estimate of drug-likeness (QED) is 0.624. The van der Waals surface area contributed by atoms with E-state index in [0.717, 1.165) is 6.07 Å². The zero-order valence-electron chi connectivity index (χ0n) is 9.88. The third-order valence-corrected chi connectivity index (χ3v) is 2.45. The van der Waals surface area contributed by atoms with Gasteiger partial charge in [0.25, 0.3) is 5.91 Å². The van der Waals surface area contributed by atoms with Crippen LogP contribution in [0.15, 0.2) is 18.2 Å².